The monoisotopic (exact) mass is 367 g/mol. The largest absolute Gasteiger partial charge is 0.394 e. The molecule has 2 N–H and O–H groups in total. The van der Waals surface area contributed by atoms with Crippen LogP contribution in [0.5, 0.6) is 0 Å². The van der Waals surface area contributed by atoms with Crippen molar-refractivity contribution >= 4 is 17.0 Å². The van der Waals surface area contributed by atoms with Gasteiger partial charge >= 0.3 is 0 Å². The number of morpholine rings is 1. The van der Waals surface area contributed by atoms with Crippen molar-refractivity contribution in [1.82, 2.24) is 19.5 Å². The number of aliphatic hydroxyl groups excluding tert-OH is 1. The topological polar surface area (TPSA) is 106 Å². The minimum absolute atomic E-state index is 0.407. The standard InChI is InChI=1S/C16H22FN5O4/c1-15(17)14(26-10(7-23)16(15,2)24)22-9-20-11-12(18-8-19-13(11)22)21-3-5-25-6-4-21/h8-10,14,23-24H,3-7H2,1-2H3/t10-,14-,15+,16+/m1/s1. The van der Waals surface area contributed by atoms with Gasteiger partial charge in [-0.25, -0.2) is 19.3 Å². The van der Waals surface area contributed by atoms with Crippen LogP contribution in [0, 0.1) is 0 Å². The Morgan fingerprint density at radius 1 is 1.27 bits per heavy atom. The Balaban J connectivity index is 1.77. The summed E-state index contributed by atoms with van der Waals surface area (Å²) in [5, 5.41) is 20.0. The molecule has 2 saturated heterocycles. The first kappa shape index (κ1) is 17.5. The molecule has 2 aliphatic heterocycles. The Labute approximate surface area is 149 Å². The second-order valence-corrected chi connectivity index (χ2v) is 7.00. The molecule has 0 saturated carbocycles. The molecule has 0 bridgehead atoms. The van der Waals surface area contributed by atoms with Crippen LogP contribution < -0.4 is 4.90 Å². The first-order valence-electron chi connectivity index (χ1n) is 8.55. The molecule has 10 heteroatoms. The fourth-order valence-electron chi connectivity index (χ4n) is 3.55. The highest BCUT2D eigenvalue weighted by Crippen LogP contribution is 2.48. The molecule has 0 unspecified atom stereocenters. The fraction of sp³-hybridized carbons (Fsp3) is 0.688. The second-order valence-electron chi connectivity index (χ2n) is 7.00. The van der Waals surface area contributed by atoms with Gasteiger partial charge in [0.25, 0.3) is 0 Å². The van der Waals surface area contributed by atoms with Gasteiger partial charge in [0, 0.05) is 13.1 Å². The number of alkyl halides is 1. The number of fused-ring (bicyclic) bond motifs is 1. The van der Waals surface area contributed by atoms with Crippen LogP contribution in [0.1, 0.15) is 20.1 Å². The molecule has 0 radical (unpaired) electrons. The van der Waals surface area contributed by atoms with Gasteiger partial charge in [0.15, 0.2) is 28.9 Å². The number of aliphatic hydroxyl groups is 2. The Morgan fingerprint density at radius 3 is 2.65 bits per heavy atom. The number of ether oxygens (including phenoxy) is 2. The summed E-state index contributed by atoms with van der Waals surface area (Å²) in [5.41, 5.74) is -3.08. The zero-order chi connectivity index (χ0) is 18.5. The molecule has 2 aliphatic rings. The molecular formula is C16H22FN5O4. The van der Waals surface area contributed by atoms with Gasteiger partial charge in [-0.15, -0.1) is 0 Å². The SMILES string of the molecule is C[C@]1(O)[C@@H](CO)O[C@@H](n2cnc3c(N4CCOCC4)ncnc32)[C@]1(C)F. The summed E-state index contributed by atoms with van der Waals surface area (Å²) in [7, 11) is 0. The zero-order valence-electron chi connectivity index (χ0n) is 14.7. The maximum Gasteiger partial charge on any atom is 0.183 e. The van der Waals surface area contributed by atoms with E-state index in [0.29, 0.717) is 43.3 Å². The number of hydrogen-bond acceptors (Lipinski definition) is 8. The molecule has 26 heavy (non-hydrogen) atoms. The van der Waals surface area contributed by atoms with E-state index in [2.05, 4.69) is 15.0 Å². The minimum Gasteiger partial charge on any atom is -0.394 e. The zero-order valence-corrected chi connectivity index (χ0v) is 14.7. The van der Waals surface area contributed by atoms with E-state index >= 15 is 4.39 Å². The number of rotatable bonds is 3. The minimum atomic E-state index is -2.15. The van der Waals surface area contributed by atoms with Crippen molar-refractivity contribution in [3.8, 4) is 0 Å². The summed E-state index contributed by atoms with van der Waals surface area (Å²) in [6.45, 7) is 4.64. The van der Waals surface area contributed by atoms with Gasteiger partial charge in [-0.05, 0) is 13.8 Å². The van der Waals surface area contributed by atoms with Crippen molar-refractivity contribution in [2.24, 2.45) is 0 Å². The van der Waals surface area contributed by atoms with Crippen LogP contribution in [-0.4, -0.2) is 80.0 Å². The van der Waals surface area contributed by atoms with Gasteiger partial charge in [-0.1, -0.05) is 0 Å². The quantitative estimate of drug-likeness (QED) is 0.783. The fourth-order valence-corrected chi connectivity index (χ4v) is 3.55. The molecule has 142 valence electrons. The van der Waals surface area contributed by atoms with E-state index in [9.17, 15) is 10.2 Å². The van der Waals surface area contributed by atoms with Crippen molar-refractivity contribution in [3.63, 3.8) is 0 Å². The molecule has 4 atom stereocenters. The first-order chi connectivity index (χ1) is 12.4. The van der Waals surface area contributed by atoms with Crippen molar-refractivity contribution in [1.29, 1.82) is 0 Å². The summed E-state index contributed by atoms with van der Waals surface area (Å²) in [5.74, 6) is 0.654. The Kier molecular flexibility index (Phi) is 4.10. The lowest BCUT2D eigenvalue weighted by Gasteiger charge is -2.32. The number of anilines is 1. The van der Waals surface area contributed by atoms with E-state index in [0.717, 1.165) is 0 Å². The van der Waals surface area contributed by atoms with Gasteiger partial charge in [0.2, 0.25) is 0 Å². The van der Waals surface area contributed by atoms with Crippen LogP contribution in [-0.2, 0) is 9.47 Å². The summed E-state index contributed by atoms with van der Waals surface area (Å²) in [4.78, 5) is 15.0. The van der Waals surface area contributed by atoms with E-state index in [-0.39, 0.29) is 0 Å². The highest BCUT2D eigenvalue weighted by atomic mass is 19.1. The molecule has 9 nitrogen and oxygen atoms in total. The molecule has 0 aromatic carbocycles. The van der Waals surface area contributed by atoms with Crippen LogP contribution in [0.4, 0.5) is 10.2 Å². The number of aromatic nitrogens is 4. The highest BCUT2D eigenvalue weighted by molar-refractivity contribution is 5.83. The van der Waals surface area contributed by atoms with E-state index in [1.165, 1.54) is 31.1 Å². The lowest BCUT2D eigenvalue weighted by Crippen LogP contribution is -2.51. The Bertz CT molecular complexity index is 805. The van der Waals surface area contributed by atoms with Crippen LogP contribution in [0.25, 0.3) is 11.2 Å². The maximum atomic E-state index is 15.4. The van der Waals surface area contributed by atoms with Gasteiger partial charge in [-0.3, -0.25) is 4.57 Å². The van der Waals surface area contributed by atoms with Crippen molar-refractivity contribution in [3.05, 3.63) is 12.7 Å². The summed E-state index contributed by atoms with van der Waals surface area (Å²) in [6, 6.07) is 0. The van der Waals surface area contributed by atoms with Gasteiger partial charge in [0.1, 0.15) is 18.0 Å². The molecule has 2 fully saturated rings. The Hall–Kier alpha value is -1.88. The molecule has 2 aromatic rings. The van der Waals surface area contributed by atoms with Crippen LogP contribution in [0.3, 0.4) is 0 Å². The van der Waals surface area contributed by atoms with Crippen molar-refractivity contribution < 1.29 is 24.1 Å². The molecule has 4 rings (SSSR count). The van der Waals surface area contributed by atoms with Crippen LogP contribution in [0.15, 0.2) is 12.7 Å². The molecule has 0 spiro atoms. The van der Waals surface area contributed by atoms with Gasteiger partial charge in [-0.2, -0.15) is 0 Å². The van der Waals surface area contributed by atoms with E-state index in [4.69, 9.17) is 9.47 Å². The number of halogens is 1. The number of imidazole rings is 1. The number of nitrogens with zero attached hydrogens (tertiary/aromatic N) is 5. The first-order valence-corrected chi connectivity index (χ1v) is 8.55. The Morgan fingerprint density at radius 2 is 2.00 bits per heavy atom. The molecule has 0 amide bonds. The van der Waals surface area contributed by atoms with Crippen molar-refractivity contribution in [2.45, 2.75) is 37.4 Å². The summed E-state index contributed by atoms with van der Waals surface area (Å²) in [6.07, 6.45) is 0.603. The second kappa shape index (κ2) is 6.08. The smallest absolute Gasteiger partial charge is 0.183 e. The normalized spacial score (nSPS) is 35.3. The lowest BCUT2D eigenvalue weighted by atomic mass is 9.85. The average Bonchev–Trinajstić information content (AvgIpc) is 3.13. The average molecular weight is 367 g/mol. The molecule has 4 heterocycles. The van der Waals surface area contributed by atoms with Crippen LogP contribution in [0.2, 0.25) is 0 Å². The van der Waals surface area contributed by atoms with E-state index < -0.39 is 30.2 Å². The molecular weight excluding hydrogens is 345 g/mol. The third kappa shape index (κ3) is 2.40. The summed E-state index contributed by atoms with van der Waals surface area (Å²) >= 11 is 0. The number of hydrogen-bond donors (Lipinski definition) is 2. The third-order valence-corrected chi connectivity index (χ3v) is 5.44. The van der Waals surface area contributed by atoms with E-state index in [1.54, 1.807) is 0 Å². The molecule has 2 aromatic heterocycles. The molecule has 0 aliphatic carbocycles. The predicted octanol–water partition coefficient (Wildman–Crippen LogP) is 0.0318. The van der Waals surface area contributed by atoms with Gasteiger partial charge in [0.05, 0.1) is 26.1 Å². The predicted molar refractivity (Wildman–Crippen MR) is 89.5 cm³/mol. The maximum absolute atomic E-state index is 15.4. The lowest BCUT2D eigenvalue weighted by molar-refractivity contribution is -0.0891. The van der Waals surface area contributed by atoms with Crippen molar-refractivity contribution in [2.75, 3.05) is 37.8 Å². The highest BCUT2D eigenvalue weighted by Gasteiger charge is 2.63. The third-order valence-electron chi connectivity index (χ3n) is 5.44. The van der Waals surface area contributed by atoms with Crippen LogP contribution >= 0.6 is 0 Å². The van der Waals surface area contributed by atoms with E-state index in [1.807, 2.05) is 4.90 Å². The summed E-state index contributed by atoms with van der Waals surface area (Å²) < 4.78 is 27.9. The van der Waals surface area contributed by atoms with Gasteiger partial charge < -0.3 is 24.6 Å².